The van der Waals surface area contributed by atoms with E-state index in [-0.39, 0.29) is 24.8 Å². The zero-order valence-electron chi connectivity index (χ0n) is 12.1. The van der Waals surface area contributed by atoms with Gasteiger partial charge in [-0.15, -0.1) is 24.8 Å². The first-order valence-electron chi connectivity index (χ1n) is 7.31. The molecule has 1 aromatic carbocycles. The van der Waals surface area contributed by atoms with Crippen LogP contribution in [0.1, 0.15) is 36.4 Å². The molecule has 1 aliphatic carbocycles. The number of nitriles is 1. The van der Waals surface area contributed by atoms with Crippen LogP contribution in [-0.2, 0) is 0 Å². The van der Waals surface area contributed by atoms with E-state index in [2.05, 4.69) is 28.4 Å². The minimum Gasteiger partial charge on any atom is -0.314 e. The van der Waals surface area contributed by atoms with Gasteiger partial charge in [-0.2, -0.15) is 5.26 Å². The molecule has 3 nitrogen and oxygen atoms in total. The van der Waals surface area contributed by atoms with Gasteiger partial charge in [0.05, 0.1) is 11.6 Å². The molecular weight excluding hydrogens is 305 g/mol. The Morgan fingerprint density at radius 3 is 2.29 bits per heavy atom. The fraction of sp³-hybridized carbons (Fsp3) is 0.562. The number of hydrogen-bond acceptors (Lipinski definition) is 3. The highest BCUT2D eigenvalue weighted by molar-refractivity contribution is 5.85. The highest BCUT2D eigenvalue weighted by Crippen LogP contribution is 2.40. The number of benzene rings is 1. The summed E-state index contributed by atoms with van der Waals surface area (Å²) >= 11 is 0. The van der Waals surface area contributed by atoms with Crippen molar-refractivity contribution in [2.24, 2.45) is 5.92 Å². The summed E-state index contributed by atoms with van der Waals surface area (Å²) in [6.07, 6.45) is 4.09. The maximum atomic E-state index is 8.90. The van der Waals surface area contributed by atoms with Gasteiger partial charge in [-0.1, -0.05) is 25.0 Å². The van der Waals surface area contributed by atoms with E-state index in [1.54, 1.807) is 0 Å². The SMILES string of the molecule is Cl.Cl.N#Cc1ccc([C@H](CC2CC2)N2CCNCC2)cc1. The third-order valence-corrected chi connectivity index (χ3v) is 4.27. The first-order chi connectivity index (χ1) is 9.36. The van der Waals surface area contributed by atoms with E-state index in [9.17, 15) is 0 Å². The Morgan fingerprint density at radius 1 is 1.14 bits per heavy atom. The fourth-order valence-corrected chi connectivity index (χ4v) is 2.94. The summed E-state index contributed by atoms with van der Waals surface area (Å²) in [7, 11) is 0. The predicted octanol–water partition coefficient (Wildman–Crippen LogP) is 3.15. The summed E-state index contributed by atoms with van der Waals surface area (Å²) in [5.41, 5.74) is 2.14. The smallest absolute Gasteiger partial charge is 0.0991 e. The monoisotopic (exact) mass is 327 g/mol. The molecule has 5 heteroatoms. The highest BCUT2D eigenvalue weighted by atomic mass is 35.5. The normalized spacial score (nSPS) is 19.8. The molecule has 1 aromatic rings. The second-order valence-electron chi connectivity index (χ2n) is 5.71. The van der Waals surface area contributed by atoms with Crippen molar-refractivity contribution in [3.05, 3.63) is 35.4 Å². The third-order valence-electron chi connectivity index (χ3n) is 4.27. The van der Waals surface area contributed by atoms with E-state index in [1.807, 2.05) is 12.1 Å². The van der Waals surface area contributed by atoms with Crippen molar-refractivity contribution in [1.82, 2.24) is 10.2 Å². The Labute approximate surface area is 139 Å². The molecule has 1 saturated carbocycles. The lowest BCUT2D eigenvalue weighted by Crippen LogP contribution is -2.45. The maximum Gasteiger partial charge on any atom is 0.0991 e. The van der Waals surface area contributed by atoms with Crippen LogP contribution in [0, 0.1) is 17.2 Å². The molecule has 1 heterocycles. The van der Waals surface area contributed by atoms with E-state index in [0.29, 0.717) is 6.04 Å². The fourth-order valence-electron chi connectivity index (χ4n) is 2.94. The van der Waals surface area contributed by atoms with Crippen molar-refractivity contribution in [3.63, 3.8) is 0 Å². The lowest BCUT2D eigenvalue weighted by molar-refractivity contribution is 0.160. The molecule has 1 aliphatic heterocycles. The van der Waals surface area contributed by atoms with E-state index in [4.69, 9.17) is 5.26 Å². The van der Waals surface area contributed by atoms with Gasteiger partial charge in [-0.3, -0.25) is 4.90 Å². The van der Waals surface area contributed by atoms with Gasteiger partial charge in [-0.05, 0) is 30.0 Å². The van der Waals surface area contributed by atoms with Gasteiger partial charge in [0.15, 0.2) is 0 Å². The molecule has 0 spiro atoms. The molecule has 1 atom stereocenters. The van der Waals surface area contributed by atoms with Gasteiger partial charge < -0.3 is 5.32 Å². The number of nitrogens with zero attached hydrogens (tertiary/aromatic N) is 2. The molecule has 2 aliphatic rings. The molecule has 0 bridgehead atoms. The van der Waals surface area contributed by atoms with Gasteiger partial charge in [0, 0.05) is 32.2 Å². The van der Waals surface area contributed by atoms with Crippen LogP contribution >= 0.6 is 24.8 Å². The zero-order valence-corrected chi connectivity index (χ0v) is 13.8. The van der Waals surface area contributed by atoms with Crippen LogP contribution in [0.5, 0.6) is 0 Å². The summed E-state index contributed by atoms with van der Waals surface area (Å²) in [6.45, 7) is 4.46. The first kappa shape index (κ1) is 18.3. The van der Waals surface area contributed by atoms with Crippen molar-refractivity contribution in [1.29, 1.82) is 5.26 Å². The molecule has 0 unspecified atom stereocenters. The Morgan fingerprint density at radius 2 is 1.76 bits per heavy atom. The largest absolute Gasteiger partial charge is 0.314 e. The van der Waals surface area contributed by atoms with Crippen LogP contribution < -0.4 is 5.32 Å². The third kappa shape index (κ3) is 4.86. The Hall–Kier alpha value is -0.790. The minimum atomic E-state index is 0. The number of nitrogens with one attached hydrogen (secondary N) is 1. The van der Waals surface area contributed by atoms with Crippen molar-refractivity contribution in [2.75, 3.05) is 26.2 Å². The topological polar surface area (TPSA) is 39.1 Å². The first-order valence-corrected chi connectivity index (χ1v) is 7.31. The molecule has 21 heavy (non-hydrogen) atoms. The molecule has 1 N–H and O–H groups in total. The number of piperazine rings is 1. The van der Waals surface area contributed by atoms with Gasteiger partial charge in [0.25, 0.3) is 0 Å². The molecule has 116 valence electrons. The van der Waals surface area contributed by atoms with Crippen LogP contribution in [0.3, 0.4) is 0 Å². The van der Waals surface area contributed by atoms with Crippen molar-refractivity contribution in [3.8, 4) is 6.07 Å². The Bertz CT molecular complexity index is 459. The highest BCUT2D eigenvalue weighted by Gasteiger charge is 2.30. The average molecular weight is 328 g/mol. The second kappa shape index (κ2) is 8.60. The van der Waals surface area contributed by atoms with Crippen LogP contribution in [0.15, 0.2) is 24.3 Å². The summed E-state index contributed by atoms with van der Waals surface area (Å²) < 4.78 is 0. The summed E-state index contributed by atoms with van der Waals surface area (Å²) in [5.74, 6) is 0.926. The molecule has 1 saturated heterocycles. The molecule has 0 radical (unpaired) electrons. The van der Waals surface area contributed by atoms with Gasteiger partial charge in [0.1, 0.15) is 0 Å². The lowest BCUT2D eigenvalue weighted by atomic mass is 9.98. The number of halogens is 2. The molecule has 2 fully saturated rings. The van der Waals surface area contributed by atoms with Crippen LogP contribution in [-0.4, -0.2) is 31.1 Å². The van der Waals surface area contributed by atoms with E-state index in [1.165, 1.54) is 24.8 Å². The van der Waals surface area contributed by atoms with Crippen LogP contribution in [0.4, 0.5) is 0 Å². The number of rotatable bonds is 4. The van der Waals surface area contributed by atoms with E-state index < -0.39 is 0 Å². The van der Waals surface area contributed by atoms with Crippen LogP contribution in [0.25, 0.3) is 0 Å². The van der Waals surface area contributed by atoms with Crippen molar-refractivity contribution >= 4 is 24.8 Å². The van der Waals surface area contributed by atoms with Crippen molar-refractivity contribution in [2.45, 2.75) is 25.3 Å². The number of hydrogen-bond donors (Lipinski definition) is 1. The van der Waals surface area contributed by atoms with Gasteiger partial charge >= 0.3 is 0 Å². The summed E-state index contributed by atoms with van der Waals surface area (Å²) in [4.78, 5) is 2.61. The van der Waals surface area contributed by atoms with Gasteiger partial charge in [0.2, 0.25) is 0 Å². The molecular formula is C16H23Cl2N3. The summed E-state index contributed by atoms with van der Waals surface area (Å²) in [5, 5.41) is 12.3. The van der Waals surface area contributed by atoms with Crippen LogP contribution in [0.2, 0.25) is 0 Å². The van der Waals surface area contributed by atoms with E-state index >= 15 is 0 Å². The predicted molar refractivity (Wildman–Crippen MR) is 90.2 cm³/mol. The Balaban J connectivity index is 0.00000110. The van der Waals surface area contributed by atoms with Gasteiger partial charge in [-0.25, -0.2) is 0 Å². The second-order valence-corrected chi connectivity index (χ2v) is 5.71. The minimum absolute atomic E-state index is 0. The average Bonchev–Trinajstić information content (AvgIpc) is 3.30. The molecule has 0 amide bonds. The standard InChI is InChI=1S/C16H21N3.2ClH/c17-12-14-3-5-15(6-4-14)16(11-13-1-2-13)19-9-7-18-8-10-19;;/h3-6,13,16,18H,1-2,7-11H2;2*1H/t16-;;/m0../s1. The zero-order chi connectivity index (χ0) is 13.1. The Kier molecular flexibility index (Phi) is 7.48. The maximum absolute atomic E-state index is 8.90. The molecule has 3 rings (SSSR count). The summed E-state index contributed by atoms with van der Waals surface area (Å²) in [6, 6.07) is 11.0. The molecule has 0 aromatic heterocycles. The van der Waals surface area contributed by atoms with Crippen molar-refractivity contribution < 1.29 is 0 Å². The van der Waals surface area contributed by atoms with E-state index in [0.717, 1.165) is 37.7 Å². The lowest BCUT2D eigenvalue weighted by Gasteiger charge is -2.35. The quantitative estimate of drug-likeness (QED) is 0.923.